The molecular weight excluding hydrogens is 154 g/mol. The topological polar surface area (TPSA) is 64.4 Å². The van der Waals surface area contributed by atoms with Crippen LogP contribution in [0.5, 0.6) is 5.19 Å². The molecular formula is C4H3N3O2S. The van der Waals surface area contributed by atoms with Crippen molar-refractivity contribution in [3.8, 4) is 5.19 Å². The summed E-state index contributed by atoms with van der Waals surface area (Å²) < 4.78 is 4.70. The van der Waals surface area contributed by atoms with Gasteiger partial charge in [-0.1, -0.05) is 5.10 Å². The number of aromatic nitrogens is 2. The monoisotopic (exact) mass is 157 g/mol. The van der Waals surface area contributed by atoms with Crippen LogP contribution in [0.4, 0.5) is 5.13 Å². The third-order valence-electron chi connectivity index (χ3n) is 0.712. The number of hydrogen-bond acceptors (Lipinski definition) is 6. The summed E-state index contributed by atoms with van der Waals surface area (Å²) in [6.45, 7) is 0. The molecule has 0 bridgehead atoms. The molecule has 1 aromatic rings. The smallest absolute Gasteiger partial charge is 0.295 e. The van der Waals surface area contributed by atoms with Crippen LogP contribution in [-0.2, 0) is 4.79 Å². The van der Waals surface area contributed by atoms with Crippen molar-refractivity contribution in [1.82, 2.24) is 10.2 Å². The van der Waals surface area contributed by atoms with Crippen molar-refractivity contribution in [2.24, 2.45) is 4.99 Å². The number of ether oxygens (including phenoxy) is 1. The molecule has 0 aliphatic rings. The van der Waals surface area contributed by atoms with Crippen LogP contribution in [0.25, 0.3) is 0 Å². The van der Waals surface area contributed by atoms with Gasteiger partial charge in [0.15, 0.2) is 0 Å². The van der Waals surface area contributed by atoms with Crippen LogP contribution in [0, 0.1) is 0 Å². The fraction of sp³-hybridized carbons (Fsp3) is 0.250. The first kappa shape index (κ1) is 6.85. The van der Waals surface area contributed by atoms with E-state index in [2.05, 4.69) is 15.2 Å². The zero-order valence-corrected chi connectivity index (χ0v) is 5.88. The van der Waals surface area contributed by atoms with Crippen LogP contribution in [-0.4, -0.2) is 23.4 Å². The van der Waals surface area contributed by atoms with Crippen molar-refractivity contribution in [2.45, 2.75) is 0 Å². The van der Waals surface area contributed by atoms with Gasteiger partial charge in [-0.25, -0.2) is 4.79 Å². The molecule has 1 rings (SSSR count). The molecule has 0 atom stereocenters. The van der Waals surface area contributed by atoms with E-state index in [1.54, 1.807) is 0 Å². The highest BCUT2D eigenvalue weighted by Gasteiger charge is 1.99. The Morgan fingerprint density at radius 3 is 3.00 bits per heavy atom. The minimum atomic E-state index is 0.256. The van der Waals surface area contributed by atoms with Gasteiger partial charge in [-0.05, 0) is 11.3 Å². The summed E-state index contributed by atoms with van der Waals surface area (Å²) in [4.78, 5) is 12.9. The summed E-state index contributed by atoms with van der Waals surface area (Å²) in [5, 5.41) is 7.66. The van der Waals surface area contributed by atoms with Gasteiger partial charge < -0.3 is 4.74 Å². The average molecular weight is 157 g/mol. The predicted octanol–water partition coefficient (Wildman–Crippen LogP) is 0.514. The first-order valence-corrected chi connectivity index (χ1v) is 3.14. The molecule has 10 heavy (non-hydrogen) atoms. The average Bonchev–Trinajstić information content (AvgIpc) is 2.37. The highest BCUT2D eigenvalue weighted by Crippen LogP contribution is 2.23. The molecule has 0 aliphatic heterocycles. The largest absolute Gasteiger partial charge is 0.472 e. The Morgan fingerprint density at radius 1 is 1.70 bits per heavy atom. The van der Waals surface area contributed by atoms with Gasteiger partial charge in [0.25, 0.3) is 5.19 Å². The molecule has 0 spiro atoms. The Labute approximate surface area is 60.4 Å². The number of isocyanates is 1. The molecule has 0 fully saturated rings. The van der Waals surface area contributed by atoms with Crippen molar-refractivity contribution in [2.75, 3.05) is 7.11 Å². The van der Waals surface area contributed by atoms with Crippen molar-refractivity contribution >= 4 is 22.5 Å². The van der Waals surface area contributed by atoms with Gasteiger partial charge in [0.05, 0.1) is 7.11 Å². The summed E-state index contributed by atoms with van der Waals surface area (Å²) in [7, 11) is 1.47. The summed E-state index contributed by atoms with van der Waals surface area (Å²) >= 11 is 1.08. The Hall–Kier alpha value is -1.26. The number of carbonyl (C=O) groups excluding carboxylic acids is 1. The summed E-state index contributed by atoms with van der Waals surface area (Å²) in [5.74, 6) is 0. The van der Waals surface area contributed by atoms with Crippen LogP contribution in [0.3, 0.4) is 0 Å². The van der Waals surface area contributed by atoms with E-state index in [1.165, 1.54) is 13.2 Å². The standard InChI is InChI=1S/C4H3N3O2S/c1-9-4-7-6-3(10-4)5-2-8/h1H3. The van der Waals surface area contributed by atoms with Gasteiger partial charge in [-0.15, -0.1) is 10.1 Å². The maximum absolute atomic E-state index is 9.68. The summed E-state index contributed by atoms with van der Waals surface area (Å²) in [6.07, 6.45) is 1.35. The molecule has 1 aromatic heterocycles. The number of rotatable bonds is 2. The molecule has 0 unspecified atom stereocenters. The maximum atomic E-state index is 9.68. The molecule has 0 aliphatic carbocycles. The number of nitrogens with zero attached hydrogens (tertiary/aromatic N) is 3. The second-order valence-corrected chi connectivity index (χ2v) is 2.18. The molecule has 6 heteroatoms. The molecule has 0 amide bonds. The lowest BCUT2D eigenvalue weighted by atomic mass is 11.2. The molecule has 0 radical (unpaired) electrons. The van der Waals surface area contributed by atoms with Gasteiger partial charge >= 0.3 is 0 Å². The first-order valence-electron chi connectivity index (χ1n) is 2.32. The van der Waals surface area contributed by atoms with E-state index in [0.29, 0.717) is 5.19 Å². The molecule has 0 saturated carbocycles. The number of aliphatic imine (C=N–C) groups is 1. The molecule has 5 nitrogen and oxygen atoms in total. The highest BCUT2D eigenvalue weighted by atomic mass is 32.1. The quantitative estimate of drug-likeness (QED) is 0.463. The van der Waals surface area contributed by atoms with E-state index in [0.717, 1.165) is 11.3 Å². The minimum absolute atomic E-state index is 0.256. The normalized spacial score (nSPS) is 8.50. The molecule has 52 valence electrons. The first-order chi connectivity index (χ1) is 4.86. The van der Waals surface area contributed by atoms with Crippen molar-refractivity contribution < 1.29 is 9.53 Å². The Kier molecular flexibility index (Phi) is 2.09. The Bertz CT molecular complexity index is 265. The second kappa shape index (κ2) is 3.05. The van der Waals surface area contributed by atoms with Crippen molar-refractivity contribution in [3.63, 3.8) is 0 Å². The zero-order chi connectivity index (χ0) is 7.40. The van der Waals surface area contributed by atoms with Gasteiger partial charge in [0.1, 0.15) is 0 Å². The third kappa shape index (κ3) is 1.37. The lowest BCUT2D eigenvalue weighted by Gasteiger charge is -1.82. The molecule has 0 aromatic carbocycles. The van der Waals surface area contributed by atoms with Gasteiger partial charge in [0.2, 0.25) is 11.2 Å². The van der Waals surface area contributed by atoms with Crippen LogP contribution < -0.4 is 4.74 Å². The van der Waals surface area contributed by atoms with Crippen LogP contribution in [0.2, 0.25) is 0 Å². The SMILES string of the molecule is COc1nnc(N=C=O)s1. The van der Waals surface area contributed by atoms with Gasteiger partial charge in [-0.3, -0.25) is 0 Å². The van der Waals surface area contributed by atoms with Crippen LogP contribution in [0.1, 0.15) is 0 Å². The lowest BCUT2D eigenvalue weighted by Crippen LogP contribution is -1.78. The van der Waals surface area contributed by atoms with E-state index in [1.807, 2.05) is 0 Å². The number of hydrogen-bond donors (Lipinski definition) is 0. The molecule has 0 N–H and O–H groups in total. The van der Waals surface area contributed by atoms with Crippen LogP contribution >= 0.6 is 11.3 Å². The second-order valence-electron chi connectivity index (χ2n) is 1.26. The van der Waals surface area contributed by atoms with Gasteiger partial charge in [-0.2, -0.15) is 0 Å². The van der Waals surface area contributed by atoms with Crippen molar-refractivity contribution in [1.29, 1.82) is 0 Å². The summed E-state index contributed by atoms with van der Waals surface area (Å²) in [6, 6.07) is 0. The molecule has 0 saturated heterocycles. The van der Waals surface area contributed by atoms with E-state index in [-0.39, 0.29) is 5.13 Å². The van der Waals surface area contributed by atoms with Crippen molar-refractivity contribution in [3.05, 3.63) is 0 Å². The minimum Gasteiger partial charge on any atom is -0.472 e. The van der Waals surface area contributed by atoms with Gasteiger partial charge in [0, 0.05) is 0 Å². The zero-order valence-electron chi connectivity index (χ0n) is 5.07. The third-order valence-corrected chi connectivity index (χ3v) is 1.49. The maximum Gasteiger partial charge on any atom is 0.295 e. The van der Waals surface area contributed by atoms with E-state index in [9.17, 15) is 4.79 Å². The fourth-order valence-corrected chi connectivity index (χ4v) is 0.855. The fourth-order valence-electron chi connectivity index (χ4n) is 0.369. The predicted molar refractivity (Wildman–Crippen MR) is 34.2 cm³/mol. The lowest BCUT2D eigenvalue weighted by molar-refractivity contribution is 0.407. The van der Waals surface area contributed by atoms with E-state index < -0.39 is 0 Å². The Balaban J connectivity index is 2.87. The highest BCUT2D eigenvalue weighted by molar-refractivity contribution is 7.16. The summed E-state index contributed by atoms with van der Waals surface area (Å²) in [5.41, 5.74) is 0. The number of methoxy groups -OCH3 is 1. The van der Waals surface area contributed by atoms with E-state index in [4.69, 9.17) is 4.74 Å². The Morgan fingerprint density at radius 2 is 2.50 bits per heavy atom. The van der Waals surface area contributed by atoms with E-state index >= 15 is 0 Å². The molecule has 1 heterocycles. The van der Waals surface area contributed by atoms with Crippen LogP contribution in [0.15, 0.2) is 4.99 Å².